The average molecular weight is 362 g/mol. The molecule has 2 N–H and O–H groups in total. The number of hydrogen-bond acceptors (Lipinski definition) is 3. The number of urea groups is 1. The van der Waals surface area contributed by atoms with E-state index in [9.17, 15) is 14.0 Å². The van der Waals surface area contributed by atoms with Crippen molar-refractivity contribution in [2.45, 2.75) is 31.7 Å². The van der Waals surface area contributed by atoms with Gasteiger partial charge in [-0.2, -0.15) is 0 Å². The third kappa shape index (κ3) is 4.72. The van der Waals surface area contributed by atoms with Crippen LogP contribution in [0.4, 0.5) is 9.18 Å². The summed E-state index contributed by atoms with van der Waals surface area (Å²) in [6, 6.07) is 4.77. The number of nitrogens with zero attached hydrogens (tertiary/aromatic N) is 2. The molecule has 6 nitrogen and oxygen atoms in total. The van der Waals surface area contributed by atoms with Gasteiger partial charge in [0.2, 0.25) is 5.91 Å². The molecule has 142 valence electrons. The van der Waals surface area contributed by atoms with Crippen LogP contribution in [-0.4, -0.2) is 61.0 Å². The first-order chi connectivity index (χ1) is 12.6. The predicted octanol–water partition coefficient (Wildman–Crippen LogP) is 1.88. The Bertz CT molecular complexity index is 614. The van der Waals surface area contributed by atoms with Crippen LogP contribution in [0.1, 0.15) is 37.3 Å². The van der Waals surface area contributed by atoms with Gasteiger partial charge in [0.05, 0.1) is 0 Å². The normalized spacial score (nSPS) is 21.8. The van der Waals surface area contributed by atoms with Gasteiger partial charge in [0, 0.05) is 26.2 Å². The molecule has 2 fully saturated rings. The number of benzene rings is 1. The fraction of sp³-hybridized carbons (Fsp3) is 0.579. The Morgan fingerprint density at radius 2 is 1.81 bits per heavy atom. The maximum Gasteiger partial charge on any atom is 0.318 e. The van der Waals surface area contributed by atoms with Gasteiger partial charge in [-0.3, -0.25) is 4.79 Å². The standard InChI is InChI=1S/C19H27FN4O2/c20-16-7-5-15(6-8-16)17-18(25)21-10-14-24(17)19(26)22-9-13-23-11-3-1-2-4-12-23/h5-8,17H,1-4,9-14H2,(H,21,25)(H,22,26). The Kier molecular flexibility index (Phi) is 6.44. The summed E-state index contributed by atoms with van der Waals surface area (Å²) in [6.45, 7) is 4.42. The molecule has 3 rings (SSSR count). The van der Waals surface area contributed by atoms with E-state index in [0.29, 0.717) is 25.2 Å². The van der Waals surface area contributed by atoms with Gasteiger partial charge in [0.15, 0.2) is 0 Å². The van der Waals surface area contributed by atoms with E-state index in [1.165, 1.54) is 42.7 Å². The first-order valence-electron chi connectivity index (χ1n) is 9.45. The van der Waals surface area contributed by atoms with Crippen molar-refractivity contribution < 1.29 is 14.0 Å². The van der Waals surface area contributed by atoms with Gasteiger partial charge >= 0.3 is 6.03 Å². The van der Waals surface area contributed by atoms with Crippen molar-refractivity contribution in [3.8, 4) is 0 Å². The van der Waals surface area contributed by atoms with Crippen molar-refractivity contribution in [2.24, 2.45) is 0 Å². The lowest BCUT2D eigenvalue weighted by atomic mass is 10.0. The van der Waals surface area contributed by atoms with Crippen LogP contribution in [0.2, 0.25) is 0 Å². The van der Waals surface area contributed by atoms with Gasteiger partial charge in [-0.05, 0) is 43.6 Å². The highest BCUT2D eigenvalue weighted by atomic mass is 19.1. The van der Waals surface area contributed by atoms with Crippen molar-refractivity contribution in [3.63, 3.8) is 0 Å². The summed E-state index contributed by atoms with van der Waals surface area (Å²) in [5.41, 5.74) is 0.617. The fourth-order valence-corrected chi connectivity index (χ4v) is 3.64. The van der Waals surface area contributed by atoms with Crippen LogP contribution in [0.15, 0.2) is 24.3 Å². The zero-order valence-corrected chi connectivity index (χ0v) is 15.0. The number of nitrogens with one attached hydrogen (secondary N) is 2. The molecule has 2 aliphatic heterocycles. The Morgan fingerprint density at radius 3 is 2.50 bits per heavy atom. The molecule has 26 heavy (non-hydrogen) atoms. The van der Waals surface area contributed by atoms with Crippen molar-refractivity contribution in [1.82, 2.24) is 20.4 Å². The Morgan fingerprint density at radius 1 is 1.12 bits per heavy atom. The molecule has 0 bridgehead atoms. The van der Waals surface area contributed by atoms with E-state index in [4.69, 9.17) is 0 Å². The summed E-state index contributed by atoms with van der Waals surface area (Å²) in [5.74, 6) is -0.594. The molecule has 2 aliphatic rings. The molecule has 1 aromatic carbocycles. The van der Waals surface area contributed by atoms with Crippen LogP contribution in [-0.2, 0) is 4.79 Å². The lowest BCUT2D eigenvalue weighted by Crippen LogP contribution is -2.55. The minimum absolute atomic E-state index is 0.231. The van der Waals surface area contributed by atoms with Gasteiger partial charge in [-0.25, -0.2) is 9.18 Å². The Labute approximate surface area is 153 Å². The maximum atomic E-state index is 13.2. The molecule has 0 aliphatic carbocycles. The lowest BCUT2D eigenvalue weighted by molar-refractivity contribution is -0.127. The molecular formula is C19H27FN4O2. The Hall–Kier alpha value is -2.15. The van der Waals surface area contributed by atoms with Crippen molar-refractivity contribution in [1.29, 1.82) is 0 Å². The zero-order chi connectivity index (χ0) is 18.4. The molecule has 0 aromatic heterocycles. The summed E-state index contributed by atoms with van der Waals surface area (Å²) < 4.78 is 13.2. The molecule has 1 atom stereocenters. The quantitative estimate of drug-likeness (QED) is 0.860. The van der Waals surface area contributed by atoms with E-state index in [1.807, 2.05) is 0 Å². The van der Waals surface area contributed by atoms with E-state index in [2.05, 4.69) is 15.5 Å². The predicted molar refractivity (Wildman–Crippen MR) is 97.2 cm³/mol. The fourth-order valence-electron chi connectivity index (χ4n) is 3.64. The monoisotopic (exact) mass is 362 g/mol. The summed E-state index contributed by atoms with van der Waals surface area (Å²) >= 11 is 0. The third-order valence-corrected chi connectivity index (χ3v) is 5.06. The average Bonchev–Trinajstić information content (AvgIpc) is 2.91. The van der Waals surface area contributed by atoms with Gasteiger partial charge in [-0.15, -0.1) is 0 Å². The number of piperazine rings is 1. The molecular weight excluding hydrogens is 335 g/mol. The van der Waals surface area contributed by atoms with Crippen molar-refractivity contribution >= 4 is 11.9 Å². The molecule has 7 heteroatoms. The second-order valence-corrected chi connectivity index (χ2v) is 6.93. The van der Waals surface area contributed by atoms with Gasteiger partial charge in [0.1, 0.15) is 11.9 Å². The molecule has 0 saturated carbocycles. The zero-order valence-electron chi connectivity index (χ0n) is 15.0. The summed E-state index contributed by atoms with van der Waals surface area (Å²) in [7, 11) is 0. The summed E-state index contributed by atoms with van der Waals surface area (Å²) in [5, 5.41) is 5.73. The second kappa shape index (κ2) is 8.98. The SMILES string of the molecule is O=C1NCCN(C(=O)NCCN2CCCCCC2)C1c1ccc(F)cc1. The number of likely N-dealkylation sites (tertiary alicyclic amines) is 1. The van der Waals surface area contributed by atoms with Gasteiger partial charge in [-0.1, -0.05) is 25.0 Å². The Balaban J connectivity index is 1.58. The number of carbonyl (C=O) groups excluding carboxylic acids is 2. The highest BCUT2D eigenvalue weighted by Crippen LogP contribution is 2.23. The lowest BCUT2D eigenvalue weighted by Gasteiger charge is -2.35. The molecule has 1 aromatic rings. The maximum absolute atomic E-state index is 13.2. The highest BCUT2D eigenvalue weighted by molar-refractivity contribution is 5.89. The largest absolute Gasteiger partial charge is 0.352 e. The van der Waals surface area contributed by atoms with Crippen molar-refractivity contribution in [2.75, 3.05) is 39.3 Å². The summed E-state index contributed by atoms with van der Waals surface area (Å²) in [6.07, 6.45) is 5.00. The molecule has 2 heterocycles. The number of amides is 3. The molecule has 3 amide bonds. The van der Waals surface area contributed by atoms with Crippen LogP contribution in [0.25, 0.3) is 0 Å². The van der Waals surface area contributed by atoms with E-state index in [0.717, 1.165) is 19.6 Å². The number of carbonyl (C=O) groups is 2. The van der Waals surface area contributed by atoms with E-state index in [1.54, 1.807) is 12.1 Å². The topological polar surface area (TPSA) is 64.7 Å². The minimum Gasteiger partial charge on any atom is -0.352 e. The first kappa shape index (κ1) is 18.6. The van der Waals surface area contributed by atoms with E-state index >= 15 is 0 Å². The number of rotatable bonds is 4. The van der Waals surface area contributed by atoms with Crippen LogP contribution in [0.3, 0.4) is 0 Å². The van der Waals surface area contributed by atoms with Crippen LogP contribution >= 0.6 is 0 Å². The van der Waals surface area contributed by atoms with E-state index < -0.39 is 6.04 Å². The molecule has 1 unspecified atom stereocenters. The van der Waals surface area contributed by atoms with Gasteiger partial charge < -0.3 is 20.4 Å². The van der Waals surface area contributed by atoms with Crippen LogP contribution in [0, 0.1) is 5.82 Å². The number of halogens is 1. The second-order valence-electron chi connectivity index (χ2n) is 6.93. The first-order valence-corrected chi connectivity index (χ1v) is 9.45. The molecule has 2 saturated heterocycles. The number of hydrogen-bond donors (Lipinski definition) is 2. The van der Waals surface area contributed by atoms with Crippen LogP contribution in [0.5, 0.6) is 0 Å². The third-order valence-electron chi connectivity index (χ3n) is 5.06. The molecule has 0 radical (unpaired) electrons. The van der Waals surface area contributed by atoms with Gasteiger partial charge in [0.25, 0.3) is 0 Å². The van der Waals surface area contributed by atoms with Crippen LogP contribution < -0.4 is 10.6 Å². The minimum atomic E-state index is -0.720. The highest BCUT2D eigenvalue weighted by Gasteiger charge is 2.34. The smallest absolute Gasteiger partial charge is 0.318 e. The van der Waals surface area contributed by atoms with E-state index in [-0.39, 0.29) is 17.8 Å². The summed E-state index contributed by atoms with van der Waals surface area (Å²) in [4.78, 5) is 28.9. The van der Waals surface area contributed by atoms with Crippen molar-refractivity contribution in [3.05, 3.63) is 35.6 Å². The molecule has 0 spiro atoms.